The highest BCUT2D eigenvalue weighted by molar-refractivity contribution is 7.90. The first-order chi connectivity index (χ1) is 8.37. The van der Waals surface area contributed by atoms with E-state index in [4.69, 9.17) is 0 Å². The van der Waals surface area contributed by atoms with Gasteiger partial charge >= 0.3 is 0 Å². The van der Waals surface area contributed by atoms with Crippen LogP contribution in [0.15, 0.2) is 0 Å². The van der Waals surface area contributed by atoms with Crippen LogP contribution in [0.1, 0.15) is 80.6 Å². The fourth-order valence-corrected chi connectivity index (χ4v) is 3.00. The van der Waals surface area contributed by atoms with E-state index in [1.165, 1.54) is 19.3 Å². The first-order valence-electron chi connectivity index (χ1n) is 7.41. The number of unbranched alkanes of at least 4 members (excludes halogenated alkanes) is 2. The minimum Gasteiger partial charge on any atom is -0.212 e. The van der Waals surface area contributed by atoms with Crippen LogP contribution in [0.5, 0.6) is 0 Å². The average Bonchev–Trinajstić information content (AvgIpc) is 2.12. The molecule has 0 amide bonds. The minimum absolute atomic E-state index is 0.357. The maximum Gasteiger partial charge on any atom is 0.217 e. The van der Waals surface area contributed by atoms with E-state index >= 15 is 0 Å². The van der Waals surface area contributed by atoms with Gasteiger partial charge in [0.2, 0.25) is 10.0 Å². The summed E-state index contributed by atoms with van der Waals surface area (Å²) in [6, 6.07) is 0. The van der Waals surface area contributed by atoms with Crippen LogP contribution in [0.3, 0.4) is 0 Å². The van der Waals surface area contributed by atoms with Crippen LogP contribution >= 0.6 is 0 Å². The Balaban J connectivity index is 4.20. The number of rotatable bonds is 8. The minimum atomic E-state index is -3.26. The summed E-state index contributed by atoms with van der Waals surface area (Å²) < 4.78 is 26.4. The fourth-order valence-electron chi connectivity index (χ4n) is 1.86. The van der Waals surface area contributed by atoms with Crippen LogP contribution in [0.2, 0.25) is 0 Å². The van der Waals surface area contributed by atoms with Gasteiger partial charge in [0.1, 0.15) is 0 Å². The normalized spacial score (nSPS) is 14.1. The molecule has 0 aliphatic heterocycles. The van der Waals surface area contributed by atoms with Crippen LogP contribution in [-0.4, -0.2) is 18.7 Å². The monoisotopic (exact) mass is 291 g/mol. The van der Waals surface area contributed by atoms with Gasteiger partial charge in [-0.2, -0.15) is 0 Å². The Morgan fingerprint density at radius 3 is 1.89 bits per heavy atom. The van der Waals surface area contributed by atoms with Crippen LogP contribution in [-0.2, 0) is 10.0 Å². The molecule has 116 valence electrons. The predicted octanol–water partition coefficient (Wildman–Crippen LogP) is 4.09. The van der Waals surface area contributed by atoms with E-state index in [0.29, 0.717) is 0 Å². The summed E-state index contributed by atoms with van der Waals surface area (Å²) in [7, 11) is -3.26. The van der Waals surface area contributed by atoms with Crippen molar-refractivity contribution in [3.8, 4) is 0 Å². The molecular formula is C15H33NO2S. The Morgan fingerprint density at radius 1 is 0.947 bits per heavy atom. The van der Waals surface area contributed by atoms with Gasteiger partial charge in [0.15, 0.2) is 0 Å². The van der Waals surface area contributed by atoms with Crippen LogP contribution < -0.4 is 4.72 Å². The molecule has 19 heavy (non-hydrogen) atoms. The predicted molar refractivity (Wildman–Crippen MR) is 83.8 cm³/mol. The van der Waals surface area contributed by atoms with Crippen molar-refractivity contribution in [2.24, 2.45) is 5.92 Å². The van der Waals surface area contributed by atoms with Crippen molar-refractivity contribution in [2.75, 3.05) is 0 Å². The number of nitrogens with one attached hydrogen (secondary N) is 1. The van der Waals surface area contributed by atoms with Gasteiger partial charge in [0, 0.05) is 5.54 Å². The number of hydrogen-bond acceptors (Lipinski definition) is 2. The molecule has 0 heterocycles. The Hall–Kier alpha value is -0.0900. The quantitative estimate of drug-likeness (QED) is 0.685. The molecular weight excluding hydrogens is 258 g/mol. The largest absolute Gasteiger partial charge is 0.217 e. The highest BCUT2D eigenvalue weighted by Gasteiger charge is 2.33. The molecule has 3 nitrogen and oxygen atoms in total. The van der Waals surface area contributed by atoms with Crippen molar-refractivity contribution in [1.29, 1.82) is 0 Å². The summed E-state index contributed by atoms with van der Waals surface area (Å²) in [5, 5.41) is 0. The third kappa shape index (κ3) is 7.93. The van der Waals surface area contributed by atoms with Crippen LogP contribution in [0.4, 0.5) is 0 Å². The van der Waals surface area contributed by atoms with Gasteiger partial charge < -0.3 is 0 Å². The second-order valence-corrected chi connectivity index (χ2v) is 10.0. The second kappa shape index (κ2) is 7.07. The van der Waals surface area contributed by atoms with Crippen molar-refractivity contribution >= 4 is 10.0 Å². The van der Waals surface area contributed by atoms with Gasteiger partial charge in [-0.05, 0) is 47.0 Å². The molecule has 0 radical (unpaired) electrons. The lowest BCUT2D eigenvalue weighted by Crippen LogP contribution is -2.50. The Labute approximate surface area is 120 Å². The van der Waals surface area contributed by atoms with E-state index in [0.717, 1.165) is 18.8 Å². The third-order valence-electron chi connectivity index (χ3n) is 3.30. The molecule has 1 N–H and O–H groups in total. The molecule has 0 rings (SSSR count). The maximum absolute atomic E-state index is 12.1. The Morgan fingerprint density at radius 2 is 1.47 bits per heavy atom. The van der Waals surface area contributed by atoms with Crippen molar-refractivity contribution < 1.29 is 8.42 Å². The summed E-state index contributed by atoms with van der Waals surface area (Å²) in [6.07, 6.45) is 5.64. The molecule has 0 aliphatic carbocycles. The molecule has 0 fully saturated rings. The van der Waals surface area contributed by atoms with Gasteiger partial charge in [-0.1, -0.05) is 39.5 Å². The van der Waals surface area contributed by atoms with Gasteiger partial charge in [0.05, 0.1) is 4.75 Å². The van der Waals surface area contributed by atoms with Crippen LogP contribution in [0, 0.1) is 5.92 Å². The zero-order valence-corrected chi connectivity index (χ0v) is 14.7. The molecule has 0 bridgehead atoms. The highest BCUT2D eigenvalue weighted by Crippen LogP contribution is 2.21. The van der Waals surface area contributed by atoms with E-state index in [9.17, 15) is 8.42 Å². The topological polar surface area (TPSA) is 46.2 Å². The SMILES string of the molecule is CC(C)CCCCCC(C)(C)NS(=O)(=O)C(C)(C)C. The molecule has 0 saturated heterocycles. The summed E-state index contributed by atoms with van der Waals surface area (Å²) >= 11 is 0. The third-order valence-corrected chi connectivity index (χ3v) is 5.73. The lowest BCUT2D eigenvalue weighted by atomic mass is 9.96. The van der Waals surface area contributed by atoms with Gasteiger partial charge in [0.25, 0.3) is 0 Å². The summed E-state index contributed by atoms with van der Waals surface area (Å²) in [4.78, 5) is 0. The maximum atomic E-state index is 12.1. The van der Waals surface area contributed by atoms with Crippen molar-refractivity contribution in [3.63, 3.8) is 0 Å². The average molecular weight is 292 g/mol. The van der Waals surface area contributed by atoms with Gasteiger partial charge in [-0.25, -0.2) is 13.1 Å². The van der Waals surface area contributed by atoms with Gasteiger partial charge in [-0.3, -0.25) is 0 Å². The number of hydrogen-bond donors (Lipinski definition) is 1. The molecule has 0 spiro atoms. The molecule has 0 aromatic heterocycles. The fraction of sp³-hybridized carbons (Fsp3) is 1.00. The molecule has 0 aliphatic rings. The van der Waals surface area contributed by atoms with Gasteiger partial charge in [-0.15, -0.1) is 0 Å². The zero-order valence-electron chi connectivity index (χ0n) is 13.8. The molecule has 0 unspecified atom stereocenters. The van der Waals surface area contributed by atoms with Crippen molar-refractivity contribution in [1.82, 2.24) is 4.72 Å². The lowest BCUT2D eigenvalue weighted by Gasteiger charge is -2.30. The first kappa shape index (κ1) is 18.9. The Bertz CT molecular complexity index is 351. The molecule has 0 aromatic rings. The van der Waals surface area contributed by atoms with Crippen molar-refractivity contribution in [2.45, 2.75) is 90.9 Å². The summed E-state index contributed by atoms with van der Waals surface area (Å²) in [6.45, 7) is 13.6. The van der Waals surface area contributed by atoms with E-state index in [1.807, 2.05) is 13.8 Å². The zero-order chi connectivity index (χ0) is 15.3. The summed E-state index contributed by atoms with van der Waals surface area (Å²) in [5.74, 6) is 0.757. The highest BCUT2D eigenvalue weighted by atomic mass is 32.2. The van der Waals surface area contributed by atoms with Crippen molar-refractivity contribution in [3.05, 3.63) is 0 Å². The standard InChI is InChI=1S/C15H33NO2S/c1-13(2)11-9-8-10-12-15(6,7)16-19(17,18)14(3,4)5/h13,16H,8-12H2,1-7H3. The molecule has 0 atom stereocenters. The molecule has 4 heteroatoms. The lowest BCUT2D eigenvalue weighted by molar-refractivity contribution is 0.390. The smallest absolute Gasteiger partial charge is 0.212 e. The first-order valence-corrected chi connectivity index (χ1v) is 8.89. The van der Waals surface area contributed by atoms with E-state index in [1.54, 1.807) is 20.8 Å². The van der Waals surface area contributed by atoms with Crippen LogP contribution in [0.25, 0.3) is 0 Å². The summed E-state index contributed by atoms with van der Waals surface area (Å²) in [5.41, 5.74) is -0.357. The molecule has 0 aromatic carbocycles. The number of sulfonamides is 1. The van der Waals surface area contributed by atoms with E-state index < -0.39 is 14.8 Å². The van der Waals surface area contributed by atoms with E-state index in [-0.39, 0.29) is 5.54 Å². The second-order valence-electron chi connectivity index (χ2n) is 7.59. The Kier molecular flexibility index (Phi) is 7.04. The van der Waals surface area contributed by atoms with E-state index in [2.05, 4.69) is 18.6 Å². The molecule has 0 saturated carbocycles.